The average molecular weight is 243 g/mol. The summed E-state index contributed by atoms with van der Waals surface area (Å²) in [6.45, 7) is 6.47. The van der Waals surface area contributed by atoms with Crippen molar-refractivity contribution in [3.05, 3.63) is 0 Å². The number of hydrogen-bond donors (Lipinski definition) is 3. The van der Waals surface area contributed by atoms with Crippen LogP contribution in [0.3, 0.4) is 0 Å². The molecule has 0 aromatic carbocycles. The predicted molar refractivity (Wildman–Crippen MR) is 66.9 cm³/mol. The van der Waals surface area contributed by atoms with Gasteiger partial charge in [0.1, 0.15) is 0 Å². The van der Waals surface area contributed by atoms with Crippen LogP contribution in [0.25, 0.3) is 0 Å². The molecular formula is C13H25NO3. The maximum absolute atomic E-state index is 10.9. The normalized spacial score (nSPS) is 30.2. The summed E-state index contributed by atoms with van der Waals surface area (Å²) < 4.78 is 0. The third-order valence-corrected chi connectivity index (χ3v) is 3.80. The van der Waals surface area contributed by atoms with Gasteiger partial charge in [0.05, 0.1) is 11.0 Å². The Hall–Kier alpha value is -0.610. The molecule has 0 aromatic heterocycles. The Bertz CT molecular complexity index is 268. The summed E-state index contributed by atoms with van der Waals surface area (Å²) in [4.78, 5) is 10.9. The van der Waals surface area contributed by atoms with Crippen molar-refractivity contribution in [2.45, 2.75) is 52.1 Å². The van der Waals surface area contributed by atoms with Crippen LogP contribution in [0.2, 0.25) is 0 Å². The van der Waals surface area contributed by atoms with Gasteiger partial charge in [-0.25, -0.2) is 0 Å². The lowest BCUT2D eigenvalue weighted by Gasteiger charge is -2.35. The van der Waals surface area contributed by atoms with Gasteiger partial charge in [0, 0.05) is 13.1 Å². The van der Waals surface area contributed by atoms with E-state index in [-0.39, 0.29) is 0 Å². The van der Waals surface area contributed by atoms with Crippen molar-refractivity contribution in [3.63, 3.8) is 0 Å². The van der Waals surface area contributed by atoms with E-state index in [1.54, 1.807) is 13.8 Å². The highest BCUT2D eigenvalue weighted by atomic mass is 16.4. The smallest absolute Gasteiger partial charge is 0.310 e. The van der Waals surface area contributed by atoms with E-state index in [2.05, 4.69) is 12.2 Å². The van der Waals surface area contributed by atoms with Crippen molar-refractivity contribution in [3.8, 4) is 0 Å². The molecule has 0 spiro atoms. The van der Waals surface area contributed by atoms with Gasteiger partial charge < -0.3 is 15.5 Å². The van der Waals surface area contributed by atoms with Crippen molar-refractivity contribution < 1.29 is 15.0 Å². The third kappa shape index (κ3) is 4.28. The molecule has 3 N–H and O–H groups in total. The predicted octanol–water partition coefficient (Wildman–Crippen LogP) is 1.63. The summed E-state index contributed by atoms with van der Waals surface area (Å²) in [7, 11) is 0. The lowest BCUT2D eigenvalue weighted by molar-refractivity contribution is -0.146. The SMILES string of the molecule is CC1CCC(O)(CNCC(C)(C)C(=O)O)CC1. The Morgan fingerprint density at radius 1 is 1.41 bits per heavy atom. The van der Waals surface area contributed by atoms with Crippen LogP contribution >= 0.6 is 0 Å². The molecule has 17 heavy (non-hydrogen) atoms. The van der Waals surface area contributed by atoms with Crippen LogP contribution in [0.1, 0.15) is 46.5 Å². The third-order valence-electron chi connectivity index (χ3n) is 3.80. The zero-order chi connectivity index (χ0) is 13.1. The molecule has 1 aliphatic carbocycles. The molecule has 1 aliphatic rings. The average Bonchev–Trinajstić information content (AvgIpc) is 2.22. The Balaban J connectivity index is 2.33. The van der Waals surface area contributed by atoms with Gasteiger partial charge in [-0.2, -0.15) is 0 Å². The van der Waals surface area contributed by atoms with Crippen LogP contribution in [0.5, 0.6) is 0 Å². The van der Waals surface area contributed by atoms with Crippen LogP contribution in [0, 0.1) is 11.3 Å². The minimum atomic E-state index is -0.811. The van der Waals surface area contributed by atoms with Crippen molar-refractivity contribution >= 4 is 5.97 Å². The number of carboxylic acid groups (broad SMARTS) is 1. The molecule has 1 rings (SSSR count). The standard InChI is InChI=1S/C13H25NO3/c1-10-4-6-13(17,7-5-10)9-14-8-12(2,3)11(15)16/h10,14,17H,4-9H2,1-3H3,(H,15,16). The number of carboxylic acids is 1. The highest BCUT2D eigenvalue weighted by molar-refractivity contribution is 5.73. The first kappa shape index (κ1) is 14.5. The first-order valence-corrected chi connectivity index (χ1v) is 6.42. The van der Waals surface area contributed by atoms with Crippen LogP contribution < -0.4 is 5.32 Å². The Kier molecular flexibility index (Phi) is 4.55. The Morgan fingerprint density at radius 2 is 1.94 bits per heavy atom. The lowest BCUT2D eigenvalue weighted by Crippen LogP contribution is -2.46. The van der Waals surface area contributed by atoms with Gasteiger partial charge in [0.25, 0.3) is 0 Å². The molecule has 0 aromatic rings. The molecule has 100 valence electrons. The molecule has 0 unspecified atom stereocenters. The van der Waals surface area contributed by atoms with E-state index < -0.39 is 17.0 Å². The maximum Gasteiger partial charge on any atom is 0.310 e. The molecule has 1 saturated carbocycles. The highest BCUT2D eigenvalue weighted by Gasteiger charge is 2.33. The van der Waals surface area contributed by atoms with Crippen molar-refractivity contribution in [1.29, 1.82) is 0 Å². The molecule has 0 bridgehead atoms. The number of rotatable bonds is 5. The molecule has 0 amide bonds. The van der Waals surface area contributed by atoms with Gasteiger partial charge in [-0.1, -0.05) is 6.92 Å². The van der Waals surface area contributed by atoms with E-state index in [0.717, 1.165) is 25.7 Å². The maximum atomic E-state index is 10.9. The molecule has 0 heterocycles. The monoisotopic (exact) mass is 243 g/mol. The quantitative estimate of drug-likeness (QED) is 0.686. The molecule has 0 aliphatic heterocycles. The summed E-state index contributed by atoms with van der Waals surface area (Å²) >= 11 is 0. The van der Waals surface area contributed by atoms with Crippen molar-refractivity contribution in [2.24, 2.45) is 11.3 Å². The van der Waals surface area contributed by atoms with E-state index in [1.807, 2.05) is 0 Å². The molecule has 0 saturated heterocycles. The van der Waals surface area contributed by atoms with Crippen LogP contribution in [-0.4, -0.2) is 34.9 Å². The number of nitrogens with one attached hydrogen (secondary N) is 1. The van der Waals surface area contributed by atoms with E-state index in [1.165, 1.54) is 0 Å². The molecule has 4 heteroatoms. The van der Waals surface area contributed by atoms with Gasteiger partial charge in [-0.05, 0) is 45.4 Å². The minimum Gasteiger partial charge on any atom is -0.481 e. The van der Waals surface area contributed by atoms with E-state index in [4.69, 9.17) is 5.11 Å². The van der Waals surface area contributed by atoms with Gasteiger partial charge in [0.15, 0.2) is 0 Å². The number of aliphatic hydroxyl groups is 1. The van der Waals surface area contributed by atoms with E-state index in [0.29, 0.717) is 19.0 Å². The van der Waals surface area contributed by atoms with E-state index >= 15 is 0 Å². The zero-order valence-corrected chi connectivity index (χ0v) is 11.1. The number of hydrogen-bond acceptors (Lipinski definition) is 3. The summed E-state index contributed by atoms with van der Waals surface area (Å²) in [5, 5.41) is 22.4. The summed E-state index contributed by atoms with van der Waals surface area (Å²) in [5.41, 5.74) is -1.42. The lowest BCUT2D eigenvalue weighted by atomic mass is 9.79. The highest BCUT2D eigenvalue weighted by Crippen LogP contribution is 2.31. The van der Waals surface area contributed by atoms with Crippen molar-refractivity contribution in [1.82, 2.24) is 5.32 Å². The molecule has 4 nitrogen and oxygen atoms in total. The summed E-state index contributed by atoms with van der Waals surface area (Å²) in [6, 6.07) is 0. The molecule has 0 atom stereocenters. The molecule has 1 fully saturated rings. The van der Waals surface area contributed by atoms with Crippen molar-refractivity contribution in [2.75, 3.05) is 13.1 Å². The van der Waals surface area contributed by atoms with Gasteiger partial charge in [-0.15, -0.1) is 0 Å². The second-order valence-corrected chi connectivity index (χ2v) is 6.20. The van der Waals surface area contributed by atoms with Gasteiger partial charge in [0.2, 0.25) is 0 Å². The summed E-state index contributed by atoms with van der Waals surface area (Å²) in [5.74, 6) is -0.111. The summed E-state index contributed by atoms with van der Waals surface area (Å²) in [6.07, 6.45) is 3.74. The minimum absolute atomic E-state index is 0.389. The van der Waals surface area contributed by atoms with E-state index in [9.17, 15) is 9.90 Å². The van der Waals surface area contributed by atoms with Gasteiger partial charge >= 0.3 is 5.97 Å². The second-order valence-electron chi connectivity index (χ2n) is 6.20. The number of carbonyl (C=O) groups is 1. The molecular weight excluding hydrogens is 218 g/mol. The first-order chi connectivity index (χ1) is 7.75. The van der Waals surface area contributed by atoms with Crippen LogP contribution in [0.15, 0.2) is 0 Å². The fourth-order valence-electron chi connectivity index (χ4n) is 2.16. The largest absolute Gasteiger partial charge is 0.481 e. The Morgan fingerprint density at radius 3 is 2.41 bits per heavy atom. The zero-order valence-electron chi connectivity index (χ0n) is 11.1. The van der Waals surface area contributed by atoms with Gasteiger partial charge in [-0.3, -0.25) is 4.79 Å². The van der Waals surface area contributed by atoms with Crippen LogP contribution in [-0.2, 0) is 4.79 Å². The molecule has 0 radical (unpaired) electrons. The fraction of sp³-hybridized carbons (Fsp3) is 0.923. The topological polar surface area (TPSA) is 69.6 Å². The number of aliphatic carboxylic acids is 1. The second kappa shape index (κ2) is 5.36. The fourth-order valence-corrected chi connectivity index (χ4v) is 2.16. The Labute approximate surface area is 103 Å². The van der Waals surface area contributed by atoms with Crippen LogP contribution in [0.4, 0.5) is 0 Å². The first-order valence-electron chi connectivity index (χ1n) is 6.42.